The van der Waals surface area contributed by atoms with Crippen LogP contribution in [0.15, 0.2) is 42.5 Å². The minimum absolute atomic E-state index is 0.0263. The highest BCUT2D eigenvalue weighted by molar-refractivity contribution is 6.37. The number of carbonyl (C=O) groups is 1. The zero-order valence-corrected chi connectivity index (χ0v) is 12.6. The standard InChI is InChI=1S/C15H10Cl2F2O3/c16-11-2-1-3-12(17)14(11)21-8-13(20)9-4-6-10(7-5-9)22-15(18)19/h1-7,15H,8H2. The molecule has 0 radical (unpaired) electrons. The van der Waals surface area contributed by atoms with E-state index in [1.807, 2.05) is 0 Å². The molecular weight excluding hydrogens is 337 g/mol. The molecule has 0 aliphatic carbocycles. The molecule has 3 nitrogen and oxygen atoms in total. The summed E-state index contributed by atoms with van der Waals surface area (Å²) in [5.74, 6) is -0.155. The lowest BCUT2D eigenvalue weighted by Gasteiger charge is -2.09. The van der Waals surface area contributed by atoms with Crippen LogP contribution in [0.2, 0.25) is 10.0 Å². The Bertz CT molecular complexity index is 640. The molecule has 2 rings (SSSR count). The smallest absolute Gasteiger partial charge is 0.387 e. The minimum atomic E-state index is -2.91. The summed E-state index contributed by atoms with van der Waals surface area (Å²) in [4.78, 5) is 12.0. The SMILES string of the molecule is O=C(COc1c(Cl)cccc1Cl)c1ccc(OC(F)F)cc1. The van der Waals surface area contributed by atoms with E-state index in [1.54, 1.807) is 18.2 Å². The lowest BCUT2D eigenvalue weighted by atomic mass is 10.1. The van der Waals surface area contributed by atoms with Gasteiger partial charge in [-0.2, -0.15) is 8.78 Å². The van der Waals surface area contributed by atoms with Crippen molar-refractivity contribution in [1.29, 1.82) is 0 Å². The minimum Gasteiger partial charge on any atom is -0.482 e. The van der Waals surface area contributed by atoms with Gasteiger partial charge in [-0.3, -0.25) is 4.79 Å². The van der Waals surface area contributed by atoms with E-state index in [9.17, 15) is 13.6 Å². The normalized spacial score (nSPS) is 10.6. The fourth-order valence-corrected chi connectivity index (χ4v) is 2.17. The van der Waals surface area contributed by atoms with Crippen molar-refractivity contribution in [1.82, 2.24) is 0 Å². The van der Waals surface area contributed by atoms with Gasteiger partial charge in [0.15, 0.2) is 18.1 Å². The number of Topliss-reactive ketones (excluding diaryl/α,β-unsaturated/α-hetero) is 1. The molecule has 0 unspecified atom stereocenters. The van der Waals surface area contributed by atoms with Crippen LogP contribution in [0.25, 0.3) is 0 Å². The molecule has 7 heteroatoms. The number of ether oxygens (including phenoxy) is 2. The van der Waals surface area contributed by atoms with Gasteiger partial charge in [0.25, 0.3) is 0 Å². The van der Waals surface area contributed by atoms with E-state index >= 15 is 0 Å². The van der Waals surface area contributed by atoms with Gasteiger partial charge in [-0.15, -0.1) is 0 Å². The maximum atomic E-state index is 12.0. The Hall–Kier alpha value is -1.85. The number of rotatable bonds is 6. The van der Waals surface area contributed by atoms with Gasteiger partial charge in [-0.25, -0.2) is 0 Å². The van der Waals surface area contributed by atoms with Crippen LogP contribution in [-0.4, -0.2) is 19.0 Å². The lowest BCUT2D eigenvalue weighted by Crippen LogP contribution is -2.12. The van der Waals surface area contributed by atoms with Gasteiger partial charge in [0.1, 0.15) is 5.75 Å². The van der Waals surface area contributed by atoms with Crippen molar-refractivity contribution in [3.05, 3.63) is 58.1 Å². The molecule has 0 heterocycles. The number of halogens is 4. The Morgan fingerprint density at radius 3 is 2.18 bits per heavy atom. The number of ketones is 1. The predicted molar refractivity (Wildman–Crippen MR) is 79.4 cm³/mol. The van der Waals surface area contributed by atoms with Gasteiger partial charge >= 0.3 is 6.61 Å². The average molecular weight is 347 g/mol. The largest absolute Gasteiger partial charge is 0.482 e. The van der Waals surface area contributed by atoms with E-state index in [1.165, 1.54) is 24.3 Å². The Kier molecular flexibility index (Phi) is 5.57. The summed E-state index contributed by atoms with van der Waals surface area (Å²) in [6, 6.07) is 10.1. The number of alkyl halides is 2. The van der Waals surface area contributed by atoms with E-state index in [0.717, 1.165) is 0 Å². The third-order valence-corrected chi connectivity index (χ3v) is 3.26. The number of benzene rings is 2. The second kappa shape index (κ2) is 7.42. The van der Waals surface area contributed by atoms with Gasteiger partial charge in [0.2, 0.25) is 0 Å². The molecule has 0 aliphatic rings. The summed E-state index contributed by atoms with van der Waals surface area (Å²) in [5.41, 5.74) is 0.296. The van der Waals surface area contributed by atoms with Crippen LogP contribution in [-0.2, 0) is 0 Å². The molecule has 0 saturated carbocycles. The molecule has 0 aromatic heterocycles. The molecule has 0 saturated heterocycles. The summed E-state index contributed by atoms with van der Waals surface area (Å²) < 4.78 is 33.6. The molecule has 2 aromatic rings. The number of hydrogen-bond donors (Lipinski definition) is 0. The van der Waals surface area contributed by atoms with Crippen LogP contribution in [0.3, 0.4) is 0 Å². The maximum absolute atomic E-state index is 12.0. The number of para-hydroxylation sites is 1. The topological polar surface area (TPSA) is 35.5 Å². The van der Waals surface area contributed by atoms with E-state index in [-0.39, 0.29) is 23.9 Å². The van der Waals surface area contributed by atoms with Gasteiger partial charge in [0.05, 0.1) is 10.0 Å². The first kappa shape index (κ1) is 16.5. The molecule has 0 aliphatic heterocycles. The maximum Gasteiger partial charge on any atom is 0.387 e. The number of hydrogen-bond acceptors (Lipinski definition) is 3. The lowest BCUT2D eigenvalue weighted by molar-refractivity contribution is -0.0498. The predicted octanol–water partition coefficient (Wildman–Crippen LogP) is 4.86. The molecule has 0 fully saturated rings. The highest BCUT2D eigenvalue weighted by atomic mass is 35.5. The van der Waals surface area contributed by atoms with E-state index in [4.69, 9.17) is 27.9 Å². The average Bonchev–Trinajstić information content (AvgIpc) is 2.46. The molecule has 0 atom stereocenters. The first-order valence-electron chi connectivity index (χ1n) is 6.12. The Balaban J connectivity index is 2.00. The molecule has 2 aromatic carbocycles. The van der Waals surface area contributed by atoms with Crippen molar-refractivity contribution in [2.45, 2.75) is 6.61 Å². The highest BCUT2D eigenvalue weighted by Gasteiger charge is 2.12. The van der Waals surface area contributed by atoms with Crippen LogP contribution in [0.5, 0.6) is 11.5 Å². The zero-order valence-electron chi connectivity index (χ0n) is 11.1. The van der Waals surface area contributed by atoms with Crippen molar-refractivity contribution in [3.8, 4) is 11.5 Å². The van der Waals surface area contributed by atoms with Gasteiger partial charge in [-0.1, -0.05) is 29.3 Å². The monoisotopic (exact) mass is 346 g/mol. The first-order valence-corrected chi connectivity index (χ1v) is 6.88. The van der Waals surface area contributed by atoms with E-state index < -0.39 is 6.61 Å². The first-order chi connectivity index (χ1) is 10.5. The van der Waals surface area contributed by atoms with Crippen molar-refractivity contribution in [2.24, 2.45) is 0 Å². The zero-order chi connectivity index (χ0) is 16.1. The Morgan fingerprint density at radius 1 is 1.05 bits per heavy atom. The number of carbonyl (C=O) groups excluding carboxylic acids is 1. The highest BCUT2D eigenvalue weighted by Crippen LogP contribution is 2.32. The molecule has 22 heavy (non-hydrogen) atoms. The van der Waals surface area contributed by atoms with Crippen LogP contribution in [0, 0.1) is 0 Å². The molecule has 0 amide bonds. The third kappa shape index (κ3) is 4.32. The molecular formula is C15H10Cl2F2O3. The van der Waals surface area contributed by atoms with Crippen LogP contribution in [0.1, 0.15) is 10.4 Å². The molecule has 116 valence electrons. The second-order valence-electron chi connectivity index (χ2n) is 4.17. The summed E-state index contributed by atoms with van der Waals surface area (Å²) in [7, 11) is 0. The van der Waals surface area contributed by atoms with Crippen molar-refractivity contribution in [3.63, 3.8) is 0 Å². The van der Waals surface area contributed by atoms with Gasteiger partial charge in [0, 0.05) is 5.56 Å². The van der Waals surface area contributed by atoms with E-state index in [0.29, 0.717) is 15.6 Å². The van der Waals surface area contributed by atoms with Crippen molar-refractivity contribution < 1.29 is 23.0 Å². The fourth-order valence-electron chi connectivity index (χ4n) is 1.66. The quantitative estimate of drug-likeness (QED) is 0.701. The van der Waals surface area contributed by atoms with Crippen LogP contribution >= 0.6 is 23.2 Å². The van der Waals surface area contributed by atoms with Crippen molar-refractivity contribution in [2.75, 3.05) is 6.61 Å². The van der Waals surface area contributed by atoms with Crippen LogP contribution in [0.4, 0.5) is 8.78 Å². The molecule has 0 spiro atoms. The fraction of sp³-hybridized carbons (Fsp3) is 0.133. The van der Waals surface area contributed by atoms with Crippen molar-refractivity contribution >= 4 is 29.0 Å². The van der Waals surface area contributed by atoms with Crippen LogP contribution < -0.4 is 9.47 Å². The summed E-state index contributed by atoms with van der Waals surface area (Å²) in [6.45, 7) is -3.19. The van der Waals surface area contributed by atoms with Gasteiger partial charge in [-0.05, 0) is 36.4 Å². The van der Waals surface area contributed by atoms with Gasteiger partial charge < -0.3 is 9.47 Å². The Morgan fingerprint density at radius 2 is 1.64 bits per heavy atom. The van der Waals surface area contributed by atoms with E-state index in [2.05, 4.69) is 4.74 Å². The molecule has 0 N–H and O–H groups in total. The summed E-state index contributed by atoms with van der Waals surface area (Å²) >= 11 is 11.8. The summed E-state index contributed by atoms with van der Waals surface area (Å²) in [5, 5.41) is 0.585. The third-order valence-electron chi connectivity index (χ3n) is 2.67. The Labute approximate surface area is 135 Å². The molecule has 0 bridgehead atoms. The summed E-state index contributed by atoms with van der Waals surface area (Å²) in [6.07, 6.45) is 0. The second-order valence-corrected chi connectivity index (χ2v) is 4.98.